The second-order valence-corrected chi connectivity index (χ2v) is 2.92. The largest absolute Gasteiger partial charge is 0.326 e. The van der Waals surface area contributed by atoms with Crippen LogP contribution >= 0.6 is 0 Å². The van der Waals surface area contributed by atoms with Gasteiger partial charge >= 0.3 is 0 Å². The van der Waals surface area contributed by atoms with E-state index >= 15 is 0 Å². The lowest BCUT2D eigenvalue weighted by atomic mass is 10.2. The molecule has 0 radical (unpaired) electrons. The van der Waals surface area contributed by atoms with Crippen molar-refractivity contribution in [3.8, 4) is 0 Å². The van der Waals surface area contributed by atoms with Gasteiger partial charge in [-0.25, -0.2) is 9.67 Å². The maximum atomic E-state index is 5.51. The molecular weight excluding hydrogens is 164 g/mol. The van der Waals surface area contributed by atoms with Gasteiger partial charge in [0.1, 0.15) is 0 Å². The van der Waals surface area contributed by atoms with Crippen LogP contribution in [0.4, 0.5) is 0 Å². The summed E-state index contributed by atoms with van der Waals surface area (Å²) < 4.78 is 1.87. The van der Waals surface area contributed by atoms with E-state index in [-0.39, 0.29) is 0 Å². The zero-order valence-corrected chi connectivity index (χ0v) is 7.57. The number of rotatable bonds is 2. The Morgan fingerprint density at radius 1 is 1.46 bits per heavy atom. The van der Waals surface area contributed by atoms with Crippen molar-refractivity contribution in [2.75, 3.05) is 0 Å². The molecular formula is C9H12N4. The Labute approximate surface area is 76.4 Å². The molecule has 0 bridgehead atoms. The van der Waals surface area contributed by atoms with Crippen LogP contribution in [0, 0.1) is 0 Å². The van der Waals surface area contributed by atoms with Crippen molar-refractivity contribution in [1.29, 1.82) is 0 Å². The van der Waals surface area contributed by atoms with E-state index in [9.17, 15) is 0 Å². The molecule has 2 aromatic heterocycles. The van der Waals surface area contributed by atoms with E-state index in [1.165, 1.54) is 0 Å². The number of hydrogen-bond donors (Lipinski definition) is 1. The first-order valence-electron chi connectivity index (χ1n) is 4.35. The molecule has 0 saturated carbocycles. The van der Waals surface area contributed by atoms with Crippen LogP contribution in [0.1, 0.15) is 12.5 Å². The first kappa shape index (κ1) is 8.19. The number of aryl methyl sites for hydroxylation is 1. The lowest BCUT2D eigenvalue weighted by Crippen LogP contribution is -1.99. The SMILES string of the molecule is CCn1ncc2cc(CN)cnc21. The van der Waals surface area contributed by atoms with Crippen molar-refractivity contribution in [3.63, 3.8) is 0 Å². The molecule has 0 amide bonds. The molecule has 4 nitrogen and oxygen atoms in total. The second-order valence-electron chi connectivity index (χ2n) is 2.92. The number of hydrogen-bond acceptors (Lipinski definition) is 3. The van der Waals surface area contributed by atoms with Crippen molar-refractivity contribution in [3.05, 3.63) is 24.0 Å². The molecule has 0 aliphatic rings. The molecule has 13 heavy (non-hydrogen) atoms. The summed E-state index contributed by atoms with van der Waals surface area (Å²) in [7, 11) is 0. The molecule has 0 unspecified atom stereocenters. The van der Waals surface area contributed by atoms with Gasteiger partial charge < -0.3 is 5.73 Å². The van der Waals surface area contributed by atoms with Crippen molar-refractivity contribution in [2.24, 2.45) is 5.73 Å². The molecule has 0 aliphatic heterocycles. The van der Waals surface area contributed by atoms with E-state index in [0.29, 0.717) is 6.54 Å². The van der Waals surface area contributed by atoms with Gasteiger partial charge in [0.15, 0.2) is 5.65 Å². The number of fused-ring (bicyclic) bond motifs is 1. The molecule has 2 N–H and O–H groups in total. The van der Waals surface area contributed by atoms with E-state index in [4.69, 9.17) is 5.73 Å². The maximum Gasteiger partial charge on any atom is 0.157 e. The number of pyridine rings is 1. The molecule has 0 spiro atoms. The molecule has 68 valence electrons. The van der Waals surface area contributed by atoms with Crippen LogP contribution < -0.4 is 5.73 Å². The summed E-state index contributed by atoms with van der Waals surface area (Å²) in [6.07, 6.45) is 3.63. The molecule has 0 fully saturated rings. The van der Waals surface area contributed by atoms with Crippen LogP contribution in [0.15, 0.2) is 18.5 Å². The highest BCUT2D eigenvalue weighted by Gasteiger charge is 2.02. The summed E-state index contributed by atoms with van der Waals surface area (Å²) in [4.78, 5) is 4.30. The highest BCUT2D eigenvalue weighted by Crippen LogP contribution is 2.11. The van der Waals surface area contributed by atoms with Gasteiger partial charge in [0.25, 0.3) is 0 Å². The maximum absolute atomic E-state index is 5.51. The monoisotopic (exact) mass is 176 g/mol. The molecule has 4 heteroatoms. The average Bonchev–Trinajstić information content (AvgIpc) is 2.59. The molecule has 0 aromatic carbocycles. The van der Waals surface area contributed by atoms with Gasteiger partial charge in [-0.05, 0) is 18.6 Å². The molecule has 0 aliphatic carbocycles. The fourth-order valence-corrected chi connectivity index (χ4v) is 1.36. The van der Waals surface area contributed by atoms with Crippen LogP contribution in [0.25, 0.3) is 11.0 Å². The minimum atomic E-state index is 0.528. The van der Waals surface area contributed by atoms with Crippen molar-refractivity contribution in [1.82, 2.24) is 14.8 Å². The van der Waals surface area contributed by atoms with E-state index in [2.05, 4.69) is 10.1 Å². The third-order valence-corrected chi connectivity index (χ3v) is 2.07. The van der Waals surface area contributed by atoms with E-state index in [0.717, 1.165) is 23.1 Å². The van der Waals surface area contributed by atoms with Crippen LogP contribution in [0.2, 0.25) is 0 Å². The average molecular weight is 176 g/mol. The van der Waals surface area contributed by atoms with Gasteiger partial charge in [0.2, 0.25) is 0 Å². The quantitative estimate of drug-likeness (QED) is 0.740. The van der Waals surface area contributed by atoms with Gasteiger partial charge in [0.05, 0.1) is 6.20 Å². The smallest absolute Gasteiger partial charge is 0.157 e. The Morgan fingerprint density at radius 3 is 3.00 bits per heavy atom. The molecule has 0 atom stereocenters. The number of nitrogens with zero attached hydrogens (tertiary/aromatic N) is 3. The zero-order valence-electron chi connectivity index (χ0n) is 7.57. The van der Waals surface area contributed by atoms with Gasteiger partial charge in [-0.1, -0.05) is 0 Å². The minimum Gasteiger partial charge on any atom is -0.326 e. The van der Waals surface area contributed by atoms with Gasteiger partial charge in [-0.15, -0.1) is 0 Å². The summed E-state index contributed by atoms with van der Waals surface area (Å²) in [5.74, 6) is 0. The summed E-state index contributed by atoms with van der Waals surface area (Å²) >= 11 is 0. The lowest BCUT2D eigenvalue weighted by molar-refractivity contribution is 0.676. The fraction of sp³-hybridized carbons (Fsp3) is 0.333. The van der Waals surface area contributed by atoms with E-state index in [1.807, 2.05) is 23.9 Å². The van der Waals surface area contributed by atoms with Crippen LogP contribution in [-0.4, -0.2) is 14.8 Å². The topological polar surface area (TPSA) is 56.7 Å². The van der Waals surface area contributed by atoms with Crippen molar-refractivity contribution in [2.45, 2.75) is 20.0 Å². The van der Waals surface area contributed by atoms with E-state index in [1.54, 1.807) is 6.20 Å². The van der Waals surface area contributed by atoms with Crippen molar-refractivity contribution >= 4 is 11.0 Å². The lowest BCUT2D eigenvalue weighted by Gasteiger charge is -1.98. The Kier molecular flexibility index (Phi) is 1.98. The van der Waals surface area contributed by atoms with Gasteiger partial charge in [-0.3, -0.25) is 0 Å². The van der Waals surface area contributed by atoms with Crippen LogP contribution in [0.3, 0.4) is 0 Å². The highest BCUT2D eigenvalue weighted by atomic mass is 15.3. The molecule has 2 aromatic rings. The Morgan fingerprint density at radius 2 is 2.31 bits per heavy atom. The second kappa shape index (κ2) is 3.14. The first-order chi connectivity index (χ1) is 6.35. The zero-order chi connectivity index (χ0) is 9.26. The Balaban J connectivity index is 2.61. The minimum absolute atomic E-state index is 0.528. The third-order valence-electron chi connectivity index (χ3n) is 2.07. The predicted octanol–water partition coefficient (Wildman–Crippen LogP) is 0.910. The standard InChI is InChI=1S/C9H12N4/c1-2-13-9-8(6-12-13)3-7(4-10)5-11-9/h3,5-6H,2,4,10H2,1H3. The summed E-state index contributed by atoms with van der Waals surface area (Å²) in [6, 6.07) is 2.03. The Hall–Kier alpha value is -1.42. The highest BCUT2D eigenvalue weighted by molar-refractivity contribution is 5.74. The fourth-order valence-electron chi connectivity index (χ4n) is 1.36. The number of aromatic nitrogens is 3. The summed E-state index contributed by atoms with van der Waals surface area (Å²) in [5, 5.41) is 5.26. The van der Waals surface area contributed by atoms with Gasteiger partial charge in [-0.2, -0.15) is 5.10 Å². The summed E-state index contributed by atoms with van der Waals surface area (Å²) in [5.41, 5.74) is 7.49. The predicted molar refractivity (Wildman–Crippen MR) is 51.1 cm³/mol. The molecule has 2 heterocycles. The van der Waals surface area contributed by atoms with Crippen molar-refractivity contribution < 1.29 is 0 Å². The first-order valence-corrected chi connectivity index (χ1v) is 4.35. The normalized spacial score (nSPS) is 10.9. The van der Waals surface area contributed by atoms with Gasteiger partial charge in [0, 0.05) is 24.7 Å². The van der Waals surface area contributed by atoms with Crippen LogP contribution in [0.5, 0.6) is 0 Å². The Bertz CT molecular complexity index is 418. The molecule has 0 saturated heterocycles. The van der Waals surface area contributed by atoms with Crippen LogP contribution in [-0.2, 0) is 13.1 Å². The molecule has 2 rings (SSSR count). The third kappa shape index (κ3) is 1.29. The summed E-state index contributed by atoms with van der Waals surface area (Å²) in [6.45, 7) is 3.42. The van der Waals surface area contributed by atoms with E-state index < -0.39 is 0 Å². The number of nitrogens with two attached hydrogens (primary N) is 1.